The Bertz CT molecular complexity index is 453. The fourth-order valence-electron chi connectivity index (χ4n) is 2.33. The second-order valence-electron chi connectivity index (χ2n) is 5.56. The summed E-state index contributed by atoms with van der Waals surface area (Å²) in [5, 5.41) is 0.741. The van der Waals surface area contributed by atoms with E-state index in [0.717, 1.165) is 36.9 Å². The van der Waals surface area contributed by atoms with Gasteiger partial charge in [-0.1, -0.05) is 25.4 Å². The summed E-state index contributed by atoms with van der Waals surface area (Å²) in [6.07, 6.45) is 0. The van der Waals surface area contributed by atoms with Gasteiger partial charge in [0, 0.05) is 36.9 Å². The molecule has 20 heavy (non-hydrogen) atoms. The number of halogens is 1. The largest absolute Gasteiger partial charge is 0.368 e. The number of hydrogen-bond donors (Lipinski definition) is 1. The highest BCUT2D eigenvalue weighted by Gasteiger charge is 2.26. The molecule has 1 aliphatic heterocycles. The lowest BCUT2D eigenvalue weighted by Gasteiger charge is -2.37. The molecule has 1 unspecified atom stereocenters. The van der Waals surface area contributed by atoms with Crippen LogP contribution in [0.3, 0.4) is 0 Å². The molecule has 1 atom stereocenters. The quantitative estimate of drug-likeness (QED) is 0.927. The van der Waals surface area contributed by atoms with E-state index in [0.29, 0.717) is 0 Å². The zero-order chi connectivity index (χ0) is 14.7. The Morgan fingerprint density at radius 1 is 1.15 bits per heavy atom. The highest BCUT2D eigenvalue weighted by molar-refractivity contribution is 6.30. The summed E-state index contributed by atoms with van der Waals surface area (Å²) in [6.45, 7) is 7.07. The molecule has 110 valence electrons. The van der Waals surface area contributed by atoms with Crippen molar-refractivity contribution in [2.24, 2.45) is 11.7 Å². The Balaban J connectivity index is 1.92. The molecule has 0 saturated carbocycles. The van der Waals surface area contributed by atoms with Gasteiger partial charge in [0.15, 0.2) is 0 Å². The maximum atomic E-state index is 12.2. The Kier molecular flexibility index (Phi) is 4.89. The summed E-state index contributed by atoms with van der Waals surface area (Å²) >= 11 is 5.89. The molecule has 0 bridgehead atoms. The number of nitrogens with two attached hydrogens (primary N) is 1. The van der Waals surface area contributed by atoms with Gasteiger partial charge < -0.3 is 15.5 Å². The molecule has 0 aromatic heterocycles. The first-order chi connectivity index (χ1) is 9.49. The van der Waals surface area contributed by atoms with Crippen LogP contribution in [0.5, 0.6) is 0 Å². The molecular formula is C15H22ClN3O. The van der Waals surface area contributed by atoms with Crippen molar-refractivity contribution in [2.45, 2.75) is 19.9 Å². The topological polar surface area (TPSA) is 49.6 Å². The van der Waals surface area contributed by atoms with E-state index < -0.39 is 6.04 Å². The van der Waals surface area contributed by atoms with Crippen molar-refractivity contribution in [3.05, 3.63) is 29.3 Å². The number of hydrogen-bond acceptors (Lipinski definition) is 3. The fraction of sp³-hybridized carbons (Fsp3) is 0.533. The van der Waals surface area contributed by atoms with Gasteiger partial charge in [-0.3, -0.25) is 4.79 Å². The summed E-state index contributed by atoms with van der Waals surface area (Å²) in [5.74, 6) is 0.243. The number of anilines is 1. The monoisotopic (exact) mass is 295 g/mol. The molecular weight excluding hydrogens is 274 g/mol. The van der Waals surface area contributed by atoms with Gasteiger partial charge in [0.05, 0.1) is 6.04 Å². The van der Waals surface area contributed by atoms with Crippen LogP contribution in [-0.4, -0.2) is 43.0 Å². The molecule has 4 nitrogen and oxygen atoms in total. The molecule has 1 heterocycles. The second-order valence-corrected chi connectivity index (χ2v) is 5.99. The van der Waals surface area contributed by atoms with E-state index in [1.54, 1.807) is 0 Å². The van der Waals surface area contributed by atoms with Crippen LogP contribution in [-0.2, 0) is 4.79 Å². The van der Waals surface area contributed by atoms with Crippen molar-refractivity contribution < 1.29 is 4.79 Å². The zero-order valence-corrected chi connectivity index (χ0v) is 12.8. The molecule has 2 rings (SSSR count). The first-order valence-electron chi connectivity index (χ1n) is 7.04. The van der Waals surface area contributed by atoms with Gasteiger partial charge in [0.2, 0.25) is 5.91 Å². The van der Waals surface area contributed by atoms with Crippen molar-refractivity contribution >= 4 is 23.2 Å². The normalized spacial score (nSPS) is 17.4. The zero-order valence-electron chi connectivity index (χ0n) is 12.1. The average molecular weight is 296 g/mol. The van der Waals surface area contributed by atoms with Crippen LogP contribution in [0, 0.1) is 5.92 Å². The number of carbonyl (C=O) groups excluding carboxylic acids is 1. The second kappa shape index (κ2) is 6.46. The molecule has 5 heteroatoms. The molecule has 0 radical (unpaired) electrons. The number of benzene rings is 1. The van der Waals surface area contributed by atoms with Crippen LogP contribution in [0.15, 0.2) is 24.3 Å². The van der Waals surface area contributed by atoms with Gasteiger partial charge in [-0.15, -0.1) is 0 Å². The molecule has 1 aliphatic rings. The summed E-state index contributed by atoms with van der Waals surface area (Å²) in [4.78, 5) is 16.3. The fourth-order valence-corrected chi connectivity index (χ4v) is 2.46. The molecule has 1 amide bonds. The van der Waals surface area contributed by atoms with Gasteiger partial charge >= 0.3 is 0 Å². The molecule has 1 fully saturated rings. The van der Waals surface area contributed by atoms with E-state index in [-0.39, 0.29) is 11.8 Å². The molecule has 1 aromatic carbocycles. The van der Waals surface area contributed by atoms with Crippen molar-refractivity contribution in [2.75, 3.05) is 31.1 Å². The smallest absolute Gasteiger partial charge is 0.239 e. The lowest BCUT2D eigenvalue weighted by Crippen LogP contribution is -2.54. The predicted octanol–water partition coefficient (Wildman–Crippen LogP) is 1.97. The standard InChI is InChI=1S/C15H22ClN3O/c1-11(2)14(17)15(20)19-9-7-18(8-10-19)13-5-3-12(16)4-6-13/h3-6,11,14H,7-10,17H2,1-2H3. The summed E-state index contributed by atoms with van der Waals surface area (Å²) in [6, 6.07) is 7.42. The van der Waals surface area contributed by atoms with Crippen molar-refractivity contribution in [1.82, 2.24) is 4.90 Å². The summed E-state index contributed by atoms with van der Waals surface area (Å²) in [7, 11) is 0. The number of rotatable bonds is 3. The van der Waals surface area contributed by atoms with Crippen LogP contribution in [0.25, 0.3) is 0 Å². The Morgan fingerprint density at radius 2 is 1.70 bits per heavy atom. The lowest BCUT2D eigenvalue weighted by atomic mass is 10.0. The number of nitrogens with zero attached hydrogens (tertiary/aromatic N) is 2. The van der Waals surface area contributed by atoms with Gasteiger partial charge in [-0.05, 0) is 30.2 Å². The van der Waals surface area contributed by atoms with E-state index in [4.69, 9.17) is 17.3 Å². The maximum absolute atomic E-state index is 12.2. The van der Waals surface area contributed by atoms with E-state index in [2.05, 4.69) is 4.90 Å². The number of piperazine rings is 1. The highest BCUT2D eigenvalue weighted by atomic mass is 35.5. The van der Waals surface area contributed by atoms with Crippen LogP contribution < -0.4 is 10.6 Å². The van der Waals surface area contributed by atoms with Crippen molar-refractivity contribution in [3.8, 4) is 0 Å². The third-order valence-corrected chi connectivity index (χ3v) is 4.04. The number of amides is 1. The van der Waals surface area contributed by atoms with Crippen molar-refractivity contribution in [3.63, 3.8) is 0 Å². The first kappa shape index (κ1) is 15.1. The minimum Gasteiger partial charge on any atom is -0.368 e. The van der Waals surface area contributed by atoms with Crippen LogP contribution in [0.1, 0.15) is 13.8 Å². The Hall–Kier alpha value is -1.26. The van der Waals surface area contributed by atoms with Crippen LogP contribution in [0.4, 0.5) is 5.69 Å². The van der Waals surface area contributed by atoms with Gasteiger partial charge in [0.1, 0.15) is 0 Å². The first-order valence-corrected chi connectivity index (χ1v) is 7.41. The average Bonchev–Trinajstić information content (AvgIpc) is 2.46. The predicted molar refractivity (Wildman–Crippen MR) is 83.1 cm³/mol. The Labute approximate surface area is 125 Å². The van der Waals surface area contributed by atoms with Crippen molar-refractivity contribution in [1.29, 1.82) is 0 Å². The van der Waals surface area contributed by atoms with E-state index >= 15 is 0 Å². The van der Waals surface area contributed by atoms with E-state index in [9.17, 15) is 4.79 Å². The summed E-state index contributed by atoms with van der Waals surface area (Å²) in [5.41, 5.74) is 7.08. The number of carbonyl (C=O) groups is 1. The maximum Gasteiger partial charge on any atom is 0.239 e. The minimum atomic E-state index is -0.392. The van der Waals surface area contributed by atoms with E-state index in [1.807, 2.05) is 43.0 Å². The molecule has 0 aliphatic carbocycles. The van der Waals surface area contributed by atoms with Gasteiger partial charge in [0.25, 0.3) is 0 Å². The minimum absolute atomic E-state index is 0.0655. The molecule has 0 spiro atoms. The molecule has 1 aromatic rings. The van der Waals surface area contributed by atoms with E-state index in [1.165, 1.54) is 0 Å². The SMILES string of the molecule is CC(C)C(N)C(=O)N1CCN(c2ccc(Cl)cc2)CC1. The summed E-state index contributed by atoms with van der Waals surface area (Å²) < 4.78 is 0. The molecule has 1 saturated heterocycles. The van der Waals surface area contributed by atoms with Crippen LogP contribution in [0.2, 0.25) is 5.02 Å². The van der Waals surface area contributed by atoms with Gasteiger partial charge in [-0.2, -0.15) is 0 Å². The van der Waals surface area contributed by atoms with Gasteiger partial charge in [-0.25, -0.2) is 0 Å². The Morgan fingerprint density at radius 3 is 2.20 bits per heavy atom. The van der Waals surface area contributed by atoms with Crippen LogP contribution >= 0.6 is 11.6 Å². The third-order valence-electron chi connectivity index (χ3n) is 3.79. The highest BCUT2D eigenvalue weighted by Crippen LogP contribution is 2.19. The lowest BCUT2D eigenvalue weighted by molar-refractivity contribution is -0.133. The molecule has 2 N–H and O–H groups in total. The third kappa shape index (κ3) is 3.44.